The molecule has 1 N–H and O–H groups in total. The number of hydrogen-bond acceptors (Lipinski definition) is 3. The number of rotatable bonds is 6. The molecule has 0 aromatic heterocycles. The summed E-state index contributed by atoms with van der Waals surface area (Å²) in [5.74, 6) is 0.832. The normalized spacial score (nSPS) is 29.2. The van der Waals surface area contributed by atoms with Crippen LogP contribution in [0.1, 0.15) is 52.9 Å². The van der Waals surface area contributed by atoms with Crippen molar-refractivity contribution in [3.05, 3.63) is 0 Å². The highest BCUT2D eigenvalue weighted by molar-refractivity contribution is 4.85. The summed E-state index contributed by atoms with van der Waals surface area (Å²) in [5.41, 5.74) is 0.449. The molecule has 0 bridgehead atoms. The van der Waals surface area contributed by atoms with Crippen LogP contribution in [0, 0.1) is 11.3 Å². The minimum Gasteiger partial charge on any atom is -0.381 e. The molecule has 0 amide bonds. The Morgan fingerprint density at radius 3 is 2.80 bits per heavy atom. The highest BCUT2D eigenvalue weighted by atomic mass is 16.5. The molecular weight excluding hydrogens is 248 g/mol. The Bertz CT molecular complexity index is 274. The van der Waals surface area contributed by atoms with Crippen LogP contribution >= 0.6 is 0 Å². The molecule has 0 saturated carbocycles. The maximum Gasteiger partial charge on any atom is 0.0471 e. The van der Waals surface area contributed by atoms with Crippen LogP contribution < -0.4 is 5.32 Å². The Hall–Kier alpha value is -0.120. The third kappa shape index (κ3) is 4.71. The van der Waals surface area contributed by atoms with Gasteiger partial charge in [0.1, 0.15) is 0 Å². The molecule has 2 atom stereocenters. The Balaban J connectivity index is 1.74. The fourth-order valence-electron chi connectivity index (χ4n) is 3.63. The maximum atomic E-state index is 5.49. The van der Waals surface area contributed by atoms with Crippen molar-refractivity contribution in [3.8, 4) is 0 Å². The van der Waals surface area contributed by atoms with Gasteiger partial charge in [-0.25, -0.2) is 0 Å². The van der Waals surface area contributed by atoms with Crippen molar-refractivity contribution in [2.45, 2.75) is 58.9 Å². The lowest BCUT2D eigenvalue weighted by Crippen LogP contribution is -2.47. The van der Waals surface area contributed by atoms with Gasteiger partial charge in [-0.05, 0) is 63.5 Å². The highest BCUT2D eigenvalue weighted by Crippen LogP contribution is 2.29. The first-order valence-electron chi connectivity index (χ1n) is 8.66. The SMILES string of the molecule is CCCN1CCCC(C(C)NCC2(C)CCOCC2)C1. The molecule has 2 unspecified atom stereocenters. The van der Waals surface area contributed by atoms with Gasteiger partial charge in [-0.15, -0.1) is 0 Å². The van der Waals surface area contributed by atoms with Crippen LogP contribution in [0.2, 0.25) is 0 Å². The van der Waals surface area contributed by atoms with Crippen LogP contribution in [-0.2, 0) is 4.74 Å². The standard InChI is InChI=1S/C17H34N2O/c1-4-9-19-10-5-6-16(13-19)15(2)18-14-17(3)7-11-20-12-8-17/h15-16,18H,4-14H2,1-3H3. The molecule has 2 aliphatic heterocycles. The van der Waals surface area contributed by atoms with E-state index in [1.807, 2.05) is 0 Å². The van der Waals surface area contributed by atoms with Crippen LogP contribution in [-0.4, -0.2) is 50.3 Å². The van der Waals surface area contributed by atoms with E-state index in [0.717, 1.165) is 25.7 Å². The molecule has 2 rings (SSSR count). The summed E-state index contributed by atoms with van der Waals surface area (Å²) in [4.78, 5) is 2.66. The Morgan fingerprint density at radius 2 is 2.10 bits per heavy atom. The predicted octanol–water partition coefficient (Wildman–Crippen LogP) is 2.90. The molecule has 0 radical (unpaired) electrons. The van der Waals surface area contributed by atoms with E-state index in [2.05, 4.69) is 31.0 Å². The predicted molar refractivity (Wildman–Crippen MR) is 85.1 cm³/mol. The molecule has 2 saturated heterocycles. The number of piperidine rings is 1. The summed E-state index contributed by atoms with van der Waals surface area (Å²) in [6, 6.07) is 0.648. The van der Waals surface area contributed by atoms with Crippen molar-refractivity contribution in [3.63, 3.8) is 0 Å². The van der Waals surface area contributed by atoms with E-state index in [9.17, 15) is 0 Å². The van der Waals surface area contributed by atoms with E-state index in [-0.39, 0.29) is 0 Å². The highest BCUT2D eigenvalue weighted by Gasteiger charge is 2.29. The summed E-state index contributed by atoms with van der Waals surface area (Å²) in [6.45, 7) is 14.0. The Morgan fingerprint density at radius 1 is 1.35 bits per heavy atom. The topological polar surface area (TPSA) is 24.5 Å². The lowest BCUT2D eigenvalue weighted by Gasteiger charge is -2.39. The largest absolute Gasteiger partial charge is 0.381 e. The minimum atomic E-state index is 0.449. The Kier molecular flexibility index (Phi) is 6.31. The van der Waals surface area contributed by atoms with Crippen LogP contribution in [0.25, 0.3) is 0 Å². The summed E-state index contributed by atoms with van der Waals surface area (Å²) in [7, 11) is 0. The van der Waals surface area contributed by atoms with Crippen molar-refractivity contribution in [2.75, 3.05) is 39.4 Å². The molecule has 3 nitrogen and oxygen atoms in total. The molecule has 0 aromatic rings. The van der Waals surface area contributed by atoms with Crippen molar-refractivity contribution in [2.24, 2.45) is 11.3 Å². The van der Waals surface area contributed by atoms with E-state index < -0.39 is 0 Å². The zero-order chi connectivity index (χ0) is 14.4. The zero-order valence-electron chi connectivity index (χ0n) is 13.8. The number of likely N-dealkylation sites (tertiary alicyclic amines) is 1. The second-order valence-electron chi connectivity index (χ2n) is 7.30. The molecule has 0 spiro atoms. The summed E-state index contributed by atoms with van der Waals surface area (Å²) in [6.07, 6.45) is 6.47. The third-order valence-corrected chi connectivity index (χ3v) is 5.34. The van der Waals surface area contributed by atoms with Gasteiger partial charge in [0.25, 0.3) is 0 Å². The first kappa shape index (κ1) is 16.3. The molecule has 0 aromatic carbocycles. The first-order valence-corrected chi connectivity index (χ1v) is 8.66. The fraction of sp³-hybridized carbons (Fsp3) is 1.00. The maximum absolute atomic E-state index is 5.49. The summed E-state index contributed by atoms with van der Waals surface area (Å²) >= 11 is 0. The second kappa shape index (κ2) is 7.77. The molecule has 20 heavy (non-hydrogen) atoms. The van der Waals surface area contributed by atoms with Crippen molar-refractivity contribution >= 4 is 0 Å². The third-order valence-electron chi connectivity index (χ3n) is 5.34. The molecule has 2 fully saturated rings. The van der Waals surface area contributed by atoms with Gasteiger partial charge >= 0.3 is 0 Å². The van der Waals surface area contributed by atoms with E-state index >= 15 is 0 Å². The molecule has 3 heteroatoms. The minimum absolute atomic E-state index is 0.449. The van der Waals surface area contributed by atoms with Crippen molar-refractivity contribution < 1.29 is 4.74 Å². The zero-order valence-corrected chi connectivity index (χ0v) is 13.8. The van der Waals surface area contributed by atoms with Gasteiger partial charge in [0.15, 0.2) is 0 Å². The number of nitrogens with one attached hydrogen (secondary N) is 1. The smallest absolute Gasteiger partial charge is 0.0471 e. The lowest BCUT2D eigenvalue weighted by atomic mass is 9.81. The summed E-state index contributed by atoms with van der Waals surface area (Å²) < 4.78 is 5.49. The molecule has 118 valence electrons. The first-order chi connectivity index (χ1) is 9.63. The van der Waals surface area contributed by atoms with Crippen LogP contribution in [0.5, 0.6) is 0 Å². The quantitative estimate of drug-likeness (QED) is 0.811. The average Bonchev–Trinajstić information content (AvgIpc) is 2.46. The van der Waals surface area contributed by atoms with Gasteiger partial charge < -0.3 is 15.0 Å². The van der Waals surface area contributed by atoms with Gasteiger partial charge in [-0.2, -0.15) is 0 Å². The lowest BCUT2D eigenvalue weighted by molar-refractivity contribution is 0.0212. The van der Waals surface area contributed by atoms with Gasteiger partial charge in [0, 0.05) is 32.3 Å². The number of ether oxygens (including phenoxy) is 1. The fourth-order valence-corrected chi connectivity index (χ4v) is 3.63. The van der Waals surface area contributed by atoms with Crippen LogP contribution in [0.4, 0.5) is 0 Å². The molecular formula is C17H34N2O. The van der Waals surface area contributed by atoms with Gasteiger partial charge in [-0.3, -0.25) is 0 Å². The molecule has 2 heterocycles. The van der Waals surface area contributed by atoms with Crippen molar-refractivity contribution in [1.29, 1.82) is 0 Å². The molecule has 2 aliphatic rings. The Labute approximate surface area is 125 Å². The van der Waals surface area contributed by atoms with Gasteiger partial charge in [0.2, 0.25) is 0 Å². The molecule has 0 aliphatic carbocycles. The van der Waals surface area contributed by atoms with Gasteiger partial charge in [-0.1, -0.05) is 13.8 Å². The van der Waals surface area contributed by atoms with E-state index in [4.69, 9.17) is 4.74 Å². The van der Waals surface area contributed by atoms with E-state index in [0.29, 0.717) is 11.5 Å². The second-order valence-corrected chi connectivity index (χ2v) is 7.30. The van der Waals surface area contributed by atoms with E-state index in [1.165, 1.54) is 51.7 Å². The van der Waals surface area contributed by atoms with Crippen molar-refractivity contribution in [1.82, 2.24) is 10.2 Å². The average molecular weight is 282 g/mol. The van der Waals surface area contributed by atoms with Gasteiger partial charge in [0.05, 0.1) is 0 Å². The van der Waals surface area contributed by atoms with E-state index in [1.54, 1.807) is 0 Å². The number of nitrogens with zero attached hydrogens (tertiary/aromatic N) is 1. The van der Waals surface area contributed by atoms with Crippen LogP contribution in [0.15, 0.2) is 0 Å². The monoisotopic (exact) mass is 282 g/mol. The van der Waals surface area contributed by atoms with Crippen LogP contribution in [0.3, 0.4) is 0 Å². The summed E-state index contributed by atoms with van der Waals surface area (Å²) in [5, 5.41) is 3.84. The number of hydrogen-bond donors (Lipinski definition) is 1.